The molecule has 1 atom stereocenters. The van der Waals surface area contributed by atoms with Crippen LogP contribution in [0.1, 0.15) is 73.9 Å². The van der Waals surface area contributed by atoms with E-state index in [0.29, 0.717) is 5.92 Å². The van der Waals surface area contributed by atoms with Gasteiger partial charge in [0, 0.05) is 27.9 Å². The van der Waals surface area contributed by atoms with Gasteiger partial charge in [-0.05, 0) is 144 Å². The molecule has 7 aromatic carbocycles. The van der Waals surface area contributed by atoms with E-state index in [9.17, 15) is 0 Å². The minimum Gasteiger partial charge on any atom is -0.310 e. The molecule has 0 amide bonds. The molecule has 0 radical (unpaired) electrons. The van der Waals surface area contributed by atoms with Gasteiger partial charge in [-0.2, -0.15) is 11.3 Å². The van der Waals surface area contributed by atoms with Crippen LogP contribution in [-0.2, 0) is 10.8 Å². The number of hydrogen-bond acceptors (Lipinski definition) is 2. The highest BCUT2D eigenvalue weighted by molar-refractivity contribution is 7.08. The molecule has 0 fully saturated rings. The summed E-state index contributed by atoms with van der Waals surface area (Å²) < 4.78 is 0. The lowest BCUT2D eigenvalue weighted by molar-refractivity contribution is 0.660. The highest BCUT2D eigenvalue weighted by Gasteiger charge is 2.42. The van der Waals surface area contributed by atoms with E-state index >= 15 is 0 Å². The van der Waals surface area contributed by atoms with E-state index in [4.69, 9.17) is 0 Å². The zero-order valence-corrected chi connectivity index (χ0v) is 33.5. The van der Waals surface area contributed by atoms with Gasteiger partial charge in [-0.1, -0.05) is 149 Å². The largest absolute Gasteiger partial charge is 0.310 e. The Balaban J connectivity index is 1.05. The highest BCUT2D eigenvalue weighted by Crippen LogP contribution is 2.55. The van der Waals surface area contributed by atoms with Crippen LogP contribution in [0.4, 0.5) is 17.1 Å². The normalized spacial score (nSPS) is 16.0. The molecule has 0 saturated heterocycles. The number of rotatable bonds is 7. The number of benzene rings is 7. The van der Waals surface area contributed by atoms with E-state index in [1.54, 1.807) is 0 Å². The first-order valence-corrected chi connectivity index (χ1v) is 20.8. The summed E-state index contributed by atoms with van der Waals surface area (Å²) in [6, 6.07) is 60.9. The molecule has 2 aliphatic carbocycles. The third kappa shape index (κ3) is 5.27. The predicted octanol–water partition coefficient (Wildman–Crippen LogP) is 15.3. The fourth-order valence-electron chi connectivity index (χ4n) is 9.65. The van der Waals surface area contributed by atoms with Crippen molar-refractivity contribution in [3.05, 3.63) is 208 Å². The molecule has 1 aromatic heterocycles. The summed E-state index contributed by atoms with van der Waals surface area (Å²) in [5.74, 6) is 0.475. The van der Waals surface area contributed by atoms with Gasteiger partial charge in [0.2, 0.25) is 0 Å². The average molecular weight is 740 g/mol. The molecule has 2 aliphatic rings. The Morgan fingerprint density at radius 3 is 1.61 bits per heavy atom. The molecule has 0 saturated carbocycles. The number of nitrogens with zero attached hydrogens (tertiary/aromatic N) is 1. The SMILES string of the molecule is CC(C)c1cscc1C1(C)c2ccccc2-c2cc(-c3ccc(N(c4ccc(-c5ccccc5)cc4)c4ccc5c(c4)C(C)(C)c4ccccc4-5)cc3)ccc21. The van der Waals surface area contributed by atoms with Crippen LogP contribution in [0.3, 0.4) is 0 Å². The molecule has 272 valence electrons. The maximum Gasteiger partial charge on any atom is 0.0465 e. The Hall–Kier alpha value is -5.96. The van der Waals surface area contributed by atoms with E-state index in [1.807, 2.05) is 11.3 Å². The fraction of sp³-hybridized carbons (Fsp3) is 0.148. The first kappa shape index (κ1) is 34.5. The van der Waals surface area contributed by atoms with Crippen molar-refractivity contribution in [3.63, 3.8) is 0 Å². The lowest BCUT2D eigenvalue weighted by Gasteiger charge is -2.29. The van der Waals surface area contributed by atoms with E-state index in [0.717, 1.165) is 17.1 Å². The van der Waals surface area contributed by atoms with E-state index < -0.39 is 0 Å². The second-order valence-corrected chi connectivity index (χ2v) is 17.3. The Bertz CT molecular complexity index is 2750. The maximum absolute atomic E-state index is 2.43. The van der Waals surface area contributed by atoms with Crippen molar-refractivity contribution < 1.29 is 0 Å². The molecule has 0 spiro atoms. The lowest BCUT2D eigenvalue weighted by Crippen LogP contribution is -2.23. The number of thiophene rings is 1. The second-order valence-electron chi connectivity index (χ2n) is 16.5. The molecule has 1 heterocycles. The van der Waals surface area contributed by atoms with Gasteiger partial charge in [0.15, 0.2) is 0 Å². The van der Waals surface area contributed by atoms with Gasteiger partial charge < -0.3 is 4.90 Å². The van der Waals surface area contributed by atoms with Gasteiger partial charge >= 0.3 is 0 Å². The van der Waals surface area contributed by atoms with Crippen LogP contribution in [0.2, 0.25) is 0 Å². The van der Waals surface area contributed by atoms with Gasteiger partial charge in [0.1, 0.15) is 0 Å². The monoisotopic (exact) mass is 739 g/mol. The average Bonchev–Trinajstić information content (AvgIpc) is 3.90. The highest BCUT2D eigenvalue weighted by atomic mass is 32.1. The van der Waals surface area contributed by atoms with Gasteiger partial charge in [-0.15, -0.1) is 0 Å². The van der Waals surface area contributed by atoms with E-state index in [1.165, 1.54) is 77.9 Å². The first-order chi connectivity index (χ1) is 27.2. The van der Waals surface area contributed by atoms with Gasteiger partial charge in [-0.3, -0.25) is 0 Å². The summed E-state index contributed by atoms with van der Waals surface area (Å²) in [5.41, 5.74) is 21.8. The third-order valence-corrected chi connectivity index (χ3v) is 13.4. The van der Waals surface area contributed by atoms with E-state index in [-0.39, 0.29) is 10.8 Å². The van der Waals surface area contributed by atoms with Crippen molar-refractivity contribution in [1.29, 1.82) is 0 Å². The predicted molar refractivity (Wildman–Crippen MR) is 239 cm³/mol. The van der Waals surface area contributed by atoms with Gasteiger partial charge in [0.05, 0.1) is 0 Å². The van der Waals surface area contributed by atoms with Crippen molar-refractivity contribution in [2.75, 3.05) is 4.90 Å². The fourth-order valence-corrected chi connectivity index (χ4v) is 10.8. The Kier molecular flexibility index (Phi) is 8.06. The summed E-state index contributed by atoms with van der Waals surface area (Å²) in [6.07, 6.45) is 0. The number of anilines is 3. The Morgan fingerprint density at radius 1 is 0.411 bits per heavy atom. The van der Waals surface area contributed by atoms with Crippen molar-refractivity contribution in [2.45, 2.75) is 51.4 Å². The van der Waals surface area contributed by atoms with Crippen molar-refractivity contribution in [2.24, 2.45) is 0 Å². The van der Waals surface area contributed by atoms with Crippen LogP contribution >= 0.6 is 11.3 Å². The standard InChI is InChI=1S/C54H45NS/c1-35(2)47-33-56-34-52(47)54(5)49-18-12-10-16-44(49)46-31-39(23-30-50(46)54)38-21-26-41(27-22-38)55(40-24-19-37(20-25-40)36-13-7-6-8-14-36)42-28-29-45-43-15-9-11-17-48(43)53(3,4)51(45)32-42/h6-35H,1-5H3. The maximum atomic E-state index is 2.43. The van der Waals surface area contributed by atoms with Crippen LogP contribution in [0.15, 0.2) is 175 Å². The van der Waals surface area contributed by atoms with Gasteiger partial charge in [0.25, 0.3) is 0 Å². The lowest BCUT2D eigenvalue weighted by atomic mass is 9.72. The quantitative estimate of drug-likeness (QED) is 0.157. The minimum absolute atomic E-state index is 0.0866. The number of fused-ring (bicyclic) bond motifs is 6. The van der Waals surface area contributed by atoms with Crippen LogP contribution in [0, 0.1) is 0 Å². The first-order valence-electron chi connectivity index (χ1n) is 19.8. The molecular formula is C54H45NS. The zero-order chi connectivity index (χ0) is 38.2. The summed E-state index contributed by atoms with van der Waals surface area (Å²) in [6.45, 7) is 11.8. The van der Waals surface area contributed by atoms with Crippen molar-refractivity contribution in [1.82, 2.24) is 0 Å². The van der Waals surface area contributed by atoms with Crippen molar-refractivity contribution in [3.8, 4) is 44.5 Å². The third-order valence-electron chi connectivity index (χ3n) is 12.7. The Labute approximate surface area is 335 Å². The van der Waals surface area contributed by atoms with Crippen LogP contribution < -0.4 is 4.90 Å². The molecular weight excluding hydrogens is 695 g/mol. The molecule has 0 bridgehead atoms. The zero-order valence-electron chi connectivity index (χ0n) is 32.7. The molecule has 1 unspecified atom stereocenters. The molecule has 0 N–H and O–H groups in total. The molecule has 2 heteroatoms. The molecule has 8 aromatic rings. The van der Waals surface area contributed by atoms with Crippen LogP contribution in [-0.4, -0.2) is 0 Å². The molecule has 0 aliphatic heterocycles. The summed E-state index contributed by atoms with van der Waals surface area (Å²) >= 11 is 1.83. The van der Waals surface area contributed by atoms with Crippen LogP contribution in [0.25, 0.3) is 44.5 Å². The summed E-state index contributed by atoms with van der Waals surface area (Å²) in [7, 11) is 0. The van der Waals surface area contributed by atoms with Crippen LogP contribution in [0.5, 0.6) is 0 Å². The van der Waals surface area contributed by atoms with E-state index in [2.05, 4.69) is 214 Å². The van der Waals surface area contributed by atoms with Gasteiger partial charge in [-0.25, -0.2) is 0 Å². The Morgan fingerprint density at radius 2 is 0.929 bits per heavy atom. The molecule has 10 rings (SSSR count). The topological polar surface area (TPSA) is 3.24 Å². The summed E-state index contributed by atoms with van der Waals surface area (Å²) in [4.78, 5) is 2.41. The smallest absolute Gasteiger partial charge is 0.0465 e. The molecule has 1 nitrogen and oxygen atoms in total. The second kappa shape index (κ2) is 13.1. The summed E-state index contributed by atoms with van der Waals surface area (Å²) in [5, 5.41) is 4.74. The van der Waals surface area contributed by atoms with Crippen molar-refractivity contribution >= 4 is 28.4 Å². The minimum atomic E-state index is -0.184. The molecule has 56 heavy (non-hydrogen) atoms. The number of hydrogen-bond donors (Lipinski definition) is 0.